The fourth-order valence-corrected chi connectivity index (χ4v) is 2.52. The zero-order chi connectivity index (χ0) is 16.9. The first-order valence-electron chi connectivity index (χ1n) is 7.69. The third kappa shape index (κ3) is 3.74. The third-order valence-electron chi connectivity index (χ3n) is 3.64. The van der Waals surface area contributed by atoms with Gasteiger partial charge in [0, 0.05) is 13.6 Å². The largest absolute Gasteiger partial charge is 0.492 e. The Labute approximate surface area is 145 Å². The average molecular weight is 344 g/mol. The maximum Gasteiger partial charge on any atom is 0.199 e. The number of nitrogens with zero attached hydrogens (tertiary/aromatic N) is 4. The molecule has 0 spiro atoms. The number of benzene rings is 1. The molecule has 1 aromatic carbocycles. The zero-order valence-corrected chi connectivity index (χ0v) is 14.6. The van der Waals surface area contributed by atoms with Gasteiger partial charge in [0.05, 0.1) is 12.9 Å². The summed E-state index contributed by atoms with van der Waals surface area (Å²) >= 11 is 5.46. The van der Waals surface area contributed by atoms with Crippen LogP contribution in [-0.4, -0.2) is 39.4 Å². The van der Waals surface area contributed by atoms with E-state index in [9.17, 15) is 0 Å². The van der Waals surface area contributed by atoms with E-state index in [0.717, 1.165) is 18.1 Å². The molecule has 6 nitrogen and oxygen atoms in total. The van der Waals surface area contributed by atoms with Gasteiger partial charge in [0.1, 0.15) is 12.4 Å². The number of likely N-dealkylation sites (N-methyl/N-ethyl adjacent to an activating group) is 1. The van der Waals surface area contributed by atoms with E-state index in [0.29, 0.717) is 23.8 Å². The Bertz CT molecular complexity index is 824. The maximum atomic E-state index is 5.71. The molecule has 7 heteroatoms. The van der Waals surface area contributed by atoms with Gasteiger partial charge in [0.2, 0.25) is 0 Å². The topological polar surface area (TPSA) is 48.4 Å². The van der Waals surface area contributed by atoms with Gasteiger partial charge in [-0.05, 0) is 43.5 Å². The highest BCUT2D eigenvalue weighted by Crippen LogP contribution is 2.17. The van der Waals surface area contributed by atoms with Crippen molar-refractivity contribution in [2.75, 3.05) is 20.2 Å². The third-order valence-corrected chi connectivity index (χ3v) is 4.13. The van der Waals surface area contributed by atoms with Gasteiger partial charge in [-0.1, -0.05) is 18.2 Å². The number of hydrogen-bond donors (Lipinski definition) is 0. The molecule has 0 saturated carbocycles. The van der Waals surface area contributed by atoms with Gasteiger partial charge in [-0.15, -0.1) is 5.10 Å². The molecule has 0 atom stereocenters. The summed E-state index contributed by atoms with van der Waals surface area (Å²) in [7, 11) is 3.90. The van der Waals surface area contributed by atoms with Crippen molar-refractivity contribution in [1.29, 1.82) is 0 Å². The van der Waals surface area contributed by atoms with E-state index >= 15 is 0 Å². The average Bonchev–Trinajstić information content (AvgIpc) is 3.20. The Morgan fingerprint density at radius 2 is 2.00 bits per heavy atom. The summed E-state index contributed by atoms with van der Waals surface area (Å²) in [5, 5.41) is 4.56. The minimum absolute atomic E-state index is 0.589. The van der Waals surface area contributed by atoms with Crippen molar-refractivity contribution in [3.8, 4) is 17.3 Å². The summed E-state index contributed by atoms with van der Waals surface area (Å²) in [6.45, 7) is 1.96. The molecule has 0 fully saturated rings. The molecule has 126 valence electrons. The van der Waals surface area contributed by atoms with Crippen LogP contribution in [-0.2, 0) is 13.7 Å². The highest BCUT2D eigenvalue weighted by molar-refractivity contribution is 7.71. The van der Waals surface area contributed by atoms with Crippen LogP contribution in [0.1, 0.15) is 0 Å². The number of rotatable bonds is 7. The van der Waals surface area contributed by atoms with Crippen LogP contribution in [0.3, 0.4) is 0 Å². The Hall–Kier alpha value is -2.38. The highest BCUT2D eigenvalue weighted by Gasteiger charge is 2.13. The van der Waals surface area contributed by atoms with E-state index in [1.165, 1.54) is 0 Å². The van der Waals surface area contributed by atoms with Gasteiger partial charge in [0.15, 0.2) is 16.4 Å². The lowest BCUT2D eigenvalue weighted by Gasteiger charge is -2.16. The van der Waals surface area contributed by atoms with Crippen LogP contribution < -0.4 is 4.74 Å². The number of ether oxygens (including phenoxy) is 1. The molecule has 0 unspecified atom stereocenters. The molecule has 0 saturated heterocycles. The summed E-state index contributed by atoms with van der Waals surface area (Å²) in [6, 6.07) is 13.5. The summed E-state index contributed by atoms with van der Waals surface area (Å²) in [6.07, 6.45) is 1.63. The molecule has 0 N–H and O–H groups in total. The van der Waals surface area contributed by atoms with Crippen molar-refractivity contribution in [2.45, 2.75) is 6.67 Å². The lowest BCUT2D eigenvalue weighted by atomic mass is 10.3. The van der Waals surface area contributed by atoms with Crippen LogP contribution in [0.25, 0.3) is 11.6 Å². The first kappa shape index (κ1) is 16.5. The first-order chi connectivity index (χ1) is 11.6. The van der Waals surface area contributed by atoms with E-state index in [4.69, 9.17) is 21.4 Å². The lowest BCUT2D eigenvalue weighted by Crippen LogP contribution is -2.27. The second kappa shape index (κ2) is 7.46. The minimum atomic E-state index is 0.589. The molecule has 0 aliphatic rings. The van der Waals surface area contributed by atoms with Crippen LogP contribution in [0.4, 0.5) is 0 Å². The quantitative estimate of drug-likeness (QED) is 0.616. The molecule has 3 rings (SSSR count). The van der Waals surface area contributed by atoms with Gasteiger partial charge in [-0.25, -0.2) is 4.68 Å². The minimum Gasteiger partial charge on any atom is -0.492 e. The number of furan rings is 1. The molecular formula is C17H20N4O2S. The molecule has 0 aliphatic heterocycles. The fourth-order valence-electron chi connectivity index (χ4n) is 2.34. The van der Waals surface area contributed by atoms with Gasteiger partial charge in [-0.3, -0.25) is 4.90 Å². The van der Waals surface area contributed by atoms with Gasteiger partial charge in [0.25, 0.3) is 0 Å². The predicted octanol–water partition coefficient (Wildman–Crippen LogP) is 3.18. The molecular weight excluding hydrogens is 324 g/mol. The van der Waals surface area contributed by atoms with E-state index in [2.05, 4.69) is 10.00 Å². The lowest BCUT2D eigenvalue weighted by molar-refractivity contribution is 0.198. The monoisotopic (exact) mass is 344 g/mol. The summed E-state index contributed by atoms with van der Waals surface area (Å²) < 4.78 is 15.4. The SMILES string of the molecule is CN(CCOc1ccccc1)Cn1nc(-c2ccco2)n(C)c1=S. The summed E-state index contributed by atoms with van der Waals surface area (Å²) in [4.78, 5) is 2.11. The predicted molar refractivity (Wildman–Crippen MR) is 94.3 cm³/mol. The zero-order valence-electron chi connectivity index (χ0n) is 13.8. The van der Waals surface area contributed by atoms with Crippen molar-refractivity contribution in [3.63, 3.8) is 0 Å². The van der Waals surface area contributed by atoms with Gasteiger partial charge < -0.3 is 13.7 Å². The Balaban J connectivity index is 1.59. The van der Waals surface area contributed by atoms with Gasteiger partial charge >= 0.3 is 0 Å². The second-order valence-electron chi connectivity index (χ2n) is 5.52. The Morgan fingerprint density at radius 3 is 2.71 bits per heavy atom. The number of hydrogen-bond acceptors (Lipinski definition) is 5. The van der Waals surface area contributed by atoms with E-state index < -0.39 is 0 Å². The first-order valence-corrected chi connectivity index (χ1v) is 8.10. The summed E-state index contributed by atoms with van der Waals surface area (Å²) in [5.41, 5.74) is 0. The molecule has 2 aromatic heterocycles. The second-order valence-corrected chi connectivity index (χ2v) is 5.89. The van der Waals surface area contributed by atoms with Crippen molar-refractivity contribution < 1.29 is 9.15 Å². The molecule has 0 bridgehead atoms. The Morgan fingerprint density at radius 1 is 1.21 bits per heavy atom. The van der Waals surface area contributed by atoms with Crippen LogP contribution in [0.5, 0.6) is 5.75 Å². The van der Waals surface area contributed by atoms with Crippen LogP contribution in [0.2, 0.25) is 0 Å². The molecule has 0 amide bonds. The smallest absolute Gasteiger partial charge is 0.199 e. The normalized spacial score (nSPS) is 11.1. The molecule has 2 heterocycles. The standard InChI is InChI=1S/C17H20N4O2S/c1-19(10-12-22-14-7-4-3-5-8-14)13-21-17(24)20(2)16(18-21)15-9-6-11-23-15/h3-9,11H,10,12-13H2,1-2H3. The number of aromatic nitrogens is 3. The van der Waals surface area contributed by atoms with Gasteiger partial charge in [-0.2, -0.15) is 0 Å². The number of para-hydroxylation sites is 1. The molecule has 3 aromatic rings. The molecule has 24 heavy (non-hydrogen) atoms. The van der Waals surface area contributed by atoms with Crippen molar-refractivity contribution in [2.24, 2.45) is 7.05 Å². The van der Waals surface area contributed by atoms with E-state index in [-0.39, 0.29) is 0 Å². The van der Waals surface area contributed by atoms with E-state index in [1.807, 2.05) is 61.1 Å². The van der Waals surface area contributed by atoms with E-state index in [1.54, 1.807) is 10.9 Å². The van der Waals surface area contributed by atoms with Crippen molar-refractivity contribution >= 4 is 12.2 Å². The highest BCUT2D eigenvalue weighted by atomic mass is 32.1. The van der Waals surface area contributed by atoms with Crippen LogP contribution in [0.15, 0.2) is 53.1 Å². The molecule has 0 aliphatic carbocycles. The van der Waals surface area contributed by atoms with Crippen LogP contribution >= 0.6 is 12.2 Å². The van der Waals surface area contributed by atoms with Crippen LogP contribution in [0, 0.1) is 4.77 Å². The molecule has 0 radical (unpaired) electrons. The van der Waals surface area contributed by atoms with Crippen molar-refractivity contribution in [1.82, 2.24) is 19.2 Å². The summed E-state index contributed by atoms with van der Waals surface area (Å²) in [5.74, 6) is 2.30. The van der Waals surface area contributed by atoms with Crippen molar-refractivity contribution in [3.05, 3.63) is 53.5 Å². The Kier molecular flexibility index (Phi) is 5.12. The maximum absolute atomic E-state index is 5.71. The fraction of sp³-hybridized carbons (Fsp3) is 0.294.